The van der Waals surface area contributed by atoms with E-state index in [0.29, 0.717) is 17.2 Å². The first-order valence-corrected chi connectivity index (χ1v) is 12.8. The van der Waals surface area contributed by atoms with E-state index in [1.165, 1.54) is 19.3 Å². The Balaban J connectivity index is 1.26. The van der Waals surface area contributed by atoms with Crippen molar-refractivity contribution in [1.29, 1.82) is 0 Å². The van der Waals surface area contributed by atoms with Crippen LogP contribution in [0.2, 0.25) is 0 Å². The van der Waals surface area contributed by atoms with Crippen LogP contribution in [0.1, 0.15) is 42.5 Å². The number of piperidine rings is 1. The molecule has 3 N–H and O–H groups in total. The van der Waals surface area contributed by atoms with Gasteiger partial charge in [-0.1, -0.05) is 6.07 Å². The van der Waals surface area contributed by atoms with Gasteiger partial charge in [0.15, 0.2) is 0 Å². The first-order chi connectivity index (χ1) is 17.7. The predicted molar refractivity (Wildman–Crippen MR) is 143 cm³/mol. The van der Waals surface area contributed by atoms with Gasteiger partial charge in [0.2, 0.25) is 0 Å². The van der Waals surface area contributed by atoms with E-state index in [4.69, 9.17) is 9.72 Å². The number of hydrogen-bond acceptors (Lipinski definition) is 6. The molecule has 0 unspecified atom stereocenters. The zero-order valence-electron chi connectivity index (χ0n) is 20.5. The second-order valence-corrected chi connectivity index (χ2v) is 9.52. The number of nitrogens with zero attached hydrogens (tertiary/aromatic N) is 2. The first kappa shape index (κ1) is 24.1. The van der Waals surface area contributed by atoms with E-state index in [0.717, 1.165) is 62.8 Å². The third-order valence-electron chi connectivity index (χ3n) is 6.96. The van der Waals surface area contributed by atoms with Gasteiger partial charge in [0.25, 0.3) is 11.5 Å². The lowest BCUT2D eigenvalue weighted by molar-refractivity contribution is 0.0699. The Morgan fingerprint density at radius 2 is 1.83 bits per heavy atom. The number of amides is 1. The molecule has 0 saturated carbocycles. The van der Waals surface area contributed by atoms with Gasteiger partial charge in [0.05, 0.1) is 5.69 Å². The molecule has 0 bridgehead atoms. The highest BCUT2D eigenvalue weighted by atomic mass is 16.5. The van der Waals surface area contributed by atoms with E-state index in [9.17, 15) is 9.59 Å². The number of benzene rings is 1. The Labute approximate surface area is 211 Å². The van der Waals surface area contributed by atoms with E-state index >= 15 is 0 Å². The van der Waals surface area contributed by atoms with Crippen molar-refractivity contribution in [1.82, 2.24) is 9.97 Å². The lowest BCUT2D eigenvalue weighted by Crippen LogP contribution is -2.29. The molecule has 1 aromatic carbocycles. The average Bonchev–Trinajstić information content (AvgIpc) is 2.94. The van der Waals surface area contributed by atoms with E-state index < -0.39 is 0 Å². The number of carbonyl (C=O) groups excluding carboxylic acids is 1. The number of rotatable bonds is 7. The van der Waals surface area contributed by atoms with E-state index in [2.05, 4.69) is 20.5 Å². The minimum Gasteiger partial charge on any atom is -0.381 e. The molecule has 0 spiro atoms. The van der Waals surface area contributed by atoms with Crippen LogP contribution < -0.4 is 21.1 Å². The number of hydrogen-bond donors (Lipinski definition) is 3. The average molecular weight is 488 g/mol. The van der Waals surface area contributed by atoms with Crippen LogP contribution in [0.4, 0.5) is 17.2 Å². The maximum Gasteiger partial charge on any atom is 0.271 e. The molecular weight excluding hydrogens is 454 g/mol. The Hall–Kier alpha value is -3.65. The van der Waals surface area contributed by atoms with Crippen LogP contribution >= 0.6 is 0 Å². The number of aromatic nitrogens is 2. The molecule has 36 heavy (non-hydrogen) atoms. The molecule has 2 aliphatic heterocycles. The highest BCUT2D eigenvalue weighted by molar-refractivity contribution is 6.04. The van der Waals surface area contributed by atoms with Gasteiger partial charge in [-0.2, -0.15) is 0 Å². The summed E-state index contributed by atoms with van der Waals surface area (Å²) in [6.45, 7) is 4.58. The van der Waals surface area contributed by atoms with Crippen molar-refractivity contribution in [2.24, 2.45) is 5.92 Å². The summed E-state index contributed by atoms with van der Waals surface area (Å²) in [5.74, 6) is 1.04. The molecule has 1 amide bonds. The van der Waals surface area contributed by atoms with Crippen LogP contribution in [0.15, 0.2) is 59.5 Å². The van der Waals surface area contributed by atoms with Gasteiger partial charge in [0.1, 0.15) is 11.5 Å². The number of H-pyrrole nitrogens is 1. The largest absolute Gasteiger partial charge is 0.381 e. The molecule has 0 atom stereocenters. The molecule has 8 nitrogen and oxygen atoms in total. The minimum atomic E-state index is -0.356. The number of pyridine rings is 2. The molecule has 0 radical (unpaired) electrons. The normalized spacial score (nSPS) is 16.5. The molecule has 2 aromatic heterocycles. The van der Waals surface area contributed by atoms with Crippen LogP contribution in [-0.2, 0) is 4.74 Å². The van der Waals surface area contributed by atoms with Crippen molar-refractivity contribution in [3.63, 3.8) is 0 Å². The van der Waals surface area contributed by atoms with Gasteiger partial charge in [-0.3, -0.25) is 9.59 Å². The summed E-state index contributed by atoms with van der Waals surface area (Å²) in [5, 5.41) is 6.19. The summed E-state index contributed by atoms with van der Waals surface area (Å²) in [6.07, 6.45) is 7.40. The van der Waals surface area contributed by atoms with Crippen LogP contribution in [-0.4, -0.2) is 48.7 Å². The fourth-order valence-electron chi connectivity index (χ4n) is 4.79. The smallest absolute Gasteiger partial charge is 0.271 e. The van der Waals surface area contributed by atoms with Crippen LogP contribution in [0.3, 0.4) is 0 Å². The third kappa shape index (κ3) is 5.94. The lowest BCUT2D eigenvalue weighted by Gasteiger charge is -2.28. The summed E-state index contributed by atoms with van der Waals surface area (Å²) in [6, 6.07) is 15.0. The van der Waals surface area contributed by atoms with Gasteiger partial charge < -0.3 is 25.3 Å². The first-order valence-electron chi connectivity index (χ1n) is 12.8. The highest BCUT2D eigenvalue weighted by Gasteiger charge is 2.15. The predicted octanol–water partition coefficient (Wildman–Crippen LogP) is 4.52. The molecule has 2 fully saturated rings. The van der Waals surface area contributed by atoms with Crippen molar-refractivity contribution >= 4 is 23.1 Å². The van der Waals surface area contributed by atoms with E-state index in [-0.39, 0.29) is 17.2 Å². The third-order valence-corrected chi connectivity index (χ3v) is 6.96. The standard InChI is InChI=1S/C28H33N5O3/c34-27(21-7-9-23(10-8-21)33-13-2-1-3-14-33)32-25-17-22(19-30-28(25)35)24-5-4-6-26(31-24)29-18-20-11-15-36-16-12-20/h4-10,17,19-20H,1-3,11-16,18H2,(H,29,31)(H,30,35)(H,32,34). The van der Waals surface area contributed by atoms with Crippen molar-refractivity contribution in [3.05, 3.63) is 70.6 Å². The van der Waals surface area contributed by atoms with E-state index in [1.54, 1.807) is 12.3 Å². The second kappa shape index (κ2) is 11.4. The topological polar surface area (TPSA) is 99.3 Å². The zero-order valence-corrected chi connectivity index (χ0v) is 20.5. The molecule has 0 aliphatic carbocycles. The monoisotopic (exact) mass is 487 g/mol. The molecule has 3 aromatic rings. The molecule has 5 rings (SSSR count). The fraction of sp³-hybridized carbons (Fsp3) is 0.393. The van der Waals surface area contributed by atoms with Crippen LogP contribution in [0, 0.1) is 5.92 Å². The van der Waals surface area contributed by atoms with Gasteiger partial charge >= 0.3 is 0 Å². The quantitative estimate of drug-likeness (QED) is 0.453. The van der Waals surface area contributed by atoms with Crippen molar-refractivity contribution in [2.75, 3.05) is 48.4 Å². The van der Waals surface area contributed by atoms with Gasteiger partial charge in [0, 0.05) is 55.9 Å². The minimum absolute atomic E-state index is 0.194. The maximum atomic E-state index is 12.9. The van der Waals surface area contributed by atoms with Crippen LogP contribution in [0.5, 0.6) is 0 Å². The van der Waals surface area contributed by atoms with Gasteiger partial charge in [-0.25, -0.2) is 4.98 Å². The Morgan fingerprint density at radius 1 is 1.06 bits per heavy atom. The fourth-order valence-corrected chi connectivity index (χ4v) is 4.79. The zero-order chi connectivity index (χ0) is 24.7. The number of aromatic amines is 1. The summed E-state index contributed by atoms with van der Waals surface area (Å²) in [4.78, 5) is 35.1. The summed E-state index contributed by atoms with van der Waals surface area (Å²) >= 11 is 0. The number of carbonyl (C=O) groups is 1. The summed E-state index contributed by atoms with van der Waals surface area (Å²) in [5.41, 5.74) is 2.91. The summed E-state index contributed by atoms with van der Waals surface area (Å²) < 4.78 is 5.43. The SMILES string of the molecule is O=C(Nc1cc(-c2cccc(NCC3CCOCC3)n2)c[nH]c1=O)c1ccc(N2CCCCC2)cc1. The Kier molecular flexibility index (Phi) is 7.61. The molecule has 8 heteroatoms. The second-order valence-electron chi connectivity index (χ2n) is 9.52. The highest BCUT2D eigenvalue weighted by Crippen LogP contribution is 2.23. The molecule has 4 heterocycles. The van der Waals surface area contributed by atoms with Gasteiger partial charge in [-0.05, 0) is 80.5 Å². The summed E-state index contributed by atoms with van der Waals surface area (Å²) in [7, 11) is 0. The molecule has 2 saturated heterocycles. The Bertz CT molecular complexity index is 1230. The number of nitrogens with one attached hydrogen (secondary N) is 3. The lowest BCUT2D eigenvalue weighted by atomic mass is 10.0. The number of ether oxygens (including phenoxy) is 1. The molecule has 188 valence electrons. The maximum absolute atomic E-state index is 12.9. The van der Waals surface area contributed by atoms with Crippen molar-refractivity contribution in [3.8, 4) is 11.3 Å². The van der Waals surface area contributed by atoms with Gasteiger partial charge in [-0.15, -0.1) is 0 Å². The molecule has 2 aliphatic rings. The van der Waals surface area contributed by atoms with E-state index in [1.807, 2.05) is 42.5 Å². The van der Waals surface area contributed by atoms with Crippen molar-refractivity contribution < 1.29 is 9.53 Å². The van der Waals surface area contributed by atoms with Crippen molar-refractivity contribution in [2.45, 2.75) is 32.1 Å². The Morgan fingerprint density at radius 3 is 2.61 bits per heavy atom. The molecular formula is C28H33N5O3. The number of anilines is 3. The van der Waals surface area contributed by atoms with Crippen LogP contribution in [0.25, 0.3) is 11.3 Å².